The van der Waals surface area contributed by atoms with Crippen molar-refractivity contribution in [3.05, 3.63) is 41.9 Å². The molecule has 1 aromatic heterocycles. The van der Waals surface area contributed by atoms with E-state index in [2.05, 4.69) is 52.2 Å². The van der Waals surface area contributed by atoms with E-state index in [1.807, 2.05) is 0 Å². The SMILES string of the molecule is C=C(OC)C(CS)NC(=O)c1ccnc(C(=O)NC(CS)C(=O)OC)c1. The van der Waals surface area contributed by atoms with E-state index in [9.17, 15) is 14.4 Å². The highest BCUT2D eigenvalue weighted by atomic mass is 32.1. The summed E-state index contributed by atoms with van der Waals surface area (Å²) >= 11 is 8.14. The summed E-state index contributed by atoms with van der Waals surface area (Å²) < 4.78 is 9.58. The number of aromatic nitrogens is 1. The van der Waals surface area contributed by atoms with Crippen LogP contribution < -0.4 is 10.6 Å². The zero-order valence-electron chi connectivity index (χ0n) is 14.4. The van der Waals surface area contributed by atoms with Gasteiger partial charge in [-0.2, -0.15) is 25.3 Å². The summed E-state index contributed by atoms with van der Waals surface area (Å²) in [5, 5.41) is 5.14. The number of thiol groups is 2. The molecule has 0 bridgehead atoms. The molecule has 2 atom stereocenters. The summed E-state index contributed by atoms with van der Waals surface area (Å²) in [5.74, 6) is -0.999. The summed E-state index contributed by atoms with van der Waals surface area (Å²) in [6.45, 7) is 3.69. The maximum Gasteiger partial charge on any atom is 0.329 e. The van der Waals surface area contributed by atoms with E-state index < -0.39 is 29.9 Å². The predicted molar refractivity (Wildman–Crippen MR) is 103 cm³/mol. The molecule has 0 fully saturated rings. The molecule has 1 aromatic rings. The first-order valence-electron chi connectivity index (χ1n) is 7.48. The van der Waals surface area contributed by atoms with E-state index in [4.69, 9.17) is 4.74 Å². The van der Waals surface area contributed by atoms with Gasteiger partial charge in [0.05, 0.1) is 20.3 Å². The molecule has 2 unspecified atom stereocenters. The van der Waals surface area contributed by atoms with Crippen LogP contribution in [0.3, 0.4) is 0 Å². The predicted octanol–water partition coefficient (Wildman–Crippen LogP) is 0.471. The molecule has 0 saturated carbocycles. The molecule has 1 heterocycles. The fourth-order valence-corrected chi connectivity index (χ4v) is 2.40. The van der Waals surface area contributed by atoms with Crippen molar-refractivity contribution >= 4 is 43.0 Å². The number of pyridine rings is 1. The fourth-order valence-electron chi connectivity index (χ4n) is 1.86. The molecule has 0 saturated heterocycles. The van der Waals surface area contributed by atoms with E-state index in [1.54, 1.807) is 0 Å². The second kappa shape index (κ2) is 10.7. The van der Waals surface area contributed by atoms with Crippen LogP contribution in [0.15, 0.2) is 30.7 Å². The first-order valence-corrected chi connectivity index (χ1v) is 8.74. The number of nitrogens with zero attached hydrogens (tertiary/aromatic N) is 1. The van der Waals surface area contributed by atoms with Crippen molar-refractivity contribution in [2.24, 2.45) is 0 Å². The molecule has 0 aliphatic heterocycles. The molecular weight excluding hydrogens is 378 g/mol. The maximum absolute atomic E-state index is 12.4. The quantitative estimate of drug-likeness (QED) is 0.273. The minimum Gasteiger partial charge on any atom is -0.500 e. The van der Waals surface area contributed by atoms with Gasteiger partial charge in [0.2, 0.25) is 0 Å². The topological polar surface area (TPSA) is 107 Å². The molecule has 2 N–H and O–H groups in total. The number of carbonyl (C=O) groups excluding carboxylic acids is 3. The number of ether oxygens (including phenoxy) is 2. The Morgan fingerprint density at radius 2 is 1.73 bits per heavy atom. The highest BCUT2D eigenvalue weighted by molar-refractivity contribution is 7.80. The normalized spacial score (nSPS) is 12.5. The van der Waals surface area contributed by atoms with Crippen LogP contribution in [0.5, 0.6) is 0 Å². The van der Waals surface area contributed by atoms with E-state index >= 15 is 0 Å². The van der Waals surface area contributed by atoms with Crippen LogP contribution in [0.2, 0.25) is 0 Å². The van der Waals surface area contributed by atoms with Crippen molar-refractivity contribution in [2.75, 3.05) is 25.7 Å². The summed E-state index contributed by atoms with van der Waals surface area (Å²) in [4.78, 5) is 40.1. The molecule has 1 rings (SSSR count). The lowest BCUT2D eigenvalue weighted by molar-refractivity contribution is -0.142. The lowest BCUT2D eigenvalue weighted by Gasteiger charge is -2.18. The van der Waals surface area contributed by atoms with Crippen molar-refractivity contribution in [1.82, 2.24) is 15.6 Å². The number of esters is 1. The van der Waals surface area contributed by atoms with Crippen LogP contribution >= 0.6 is 25.3 Å². The number of rotatable bonds is 9. The van der Waals surface area contributed by atoms with Crippen LogP contribution in [-0.4, -0.2) is 60.6 Å². The maximum atomic E-state index is 12.4. The molecule has 0 spiro atoms. The first-order chi connectivity index (χ1) is 12.4. The van der Waals surface area contributed by atoms with Crippen molar-refractivity contribution in [3.63, 3.8) is 0 Å². The van der Waals surface area contributed by atoms with E-state index in [1.165, 1.54) is 32.5 Å². The summed E-state index contributed by atoms with van der Waals surface area (Å²) in [6.07, 6.45) is 1.32. The van der Waals surface area contributed by atoms with Crippen LogP contribution in [-0.2, 0) is 14.3 Å². The Morgan fingerprint density at radius 1 is 1.12 bits per heavy atom. The molecule has 2 amide bonds. The number of hydrogen-bond acceptors (Lipinski definition) is 8. The Hall–Kier alpha value is -2.20. The molecular formula is C16H21N3O5S2. The van der Waals surface area contributed by atoms with Gasteiger partial charge < -0.3 is 20.1 Å². The van der Waals surface area contributed by atoms with E-state index in [-0.39, 0.29) is 17.0 Å². The molecule has 142 valence electrons. The van der Waals surface area contributed by atoms with Crippen molar-refractivity contribution in [2.45, 2.75) is 12.1 Å². The van der Waals surface area contributed by atoms with Gasteiger partial charge in [0.25, 0.3) is 11.8 Å². The minimum atomic E-state index is -0.922. The average molecular weight is 399 g/mol. The smallest absolute Gasteiger partial charge is 0.329 e. The standard InChI is InChI=1S/C16H21N3O5S2/c1-9(23-2)12(7-25)18-14(20)10-4-5-17-11(6-10)15(21)19-13(8-26)16(22)24-3/h4-6,12-13,25-26H,1,7-8H2,2-3H3,(H,18,20)(H,19,21). The number of methoxy groups -OCH3 is 2. The lowest BCUT2D eigenvalue weighted by Crippen LogP contribution is -2.43. The van der Waals surface area contributed by atoms with Gasteiger partial charge in [0, 0.05) is 23.3 Å². The summed E-state index contributed by atoms with van der Waals surface area (Å²) in [6, 6.07) is 1.35. The Labute approximate surface area is 162 Å². The average Bonchev–Trinajstić information content (AvgIpc) is 2.68. The number of carbonyl (C=O) groups is 3. The zero-order chi connectivity index (χ0) is 19.7. The summed E-state index contributed by atoms with van der Waals surface area (Å²) in [7, 11) is 2.65. The van der Waals surface area contributed by atoms with Gasteiger partial charge in [-0.15, -0.1) is 0 Å². The van der Waals surface area contributed by atoms with Crippen LogP contribution in [0.4, 0.5) is 0 Å². The third kappa shape index (κ3) is 5.95. The van der Waals surface area contributed by atoms with Crippen molar-refractivity contribution in [3.8, 4) is 0 Å². The van der Waals surface area contributed by atoms with Crippen LogP contribution in [0, 0.1) is 0 Å². The molecule has 0 aliphatic rings. The number of nitrogens with one attached hydrogen (secondary N) is 2. The second-order valence-corrected chi connectivity index (χ2v) is 5.77. The van der Waals surface area contributed by atoms with Gasteiger partial charge in [-0.05, 0) is 12.1 Å². The van der Waals surface area contributed by atoms with Gasteiger partial charge in [0.1, 0.15) is 17.5 Å². The van der Waals surface area contributed by atoms with E-state index in [0.717, 1.165) is 0 Å². The highest BCUT2D eigenvalue weighted by Crippen LogP contribution is 2.07. The Balaban J connectivity index is 2.89. The Kier molecular flexibility index (Phi) is 9.00. The highest BCUT2D eigenvalue weighted by Gasteiger charge is 2.22. The Bertz CT molecular complexity index is 630. The van der Waals surface area contributed by atoms with E-state index in [0.29, 0.717) is 11.5 Å². The third-order valence-corrected chi connectivity index (χ3v) is 4.10. The van der Waals surface area contributed by atoms with Gasteiger partial charge in [-0.1, -0.05) is 6.58 Å². The summed E-state index contributed by atoms with van der Waals surface area (Å²) in [5.41, 5.74) is 0.183. The van der Waals surface area contributed by atoms with Gasteiger partial charge in [0.15, 0.2) is 0 Å². The fraction of sp³-hybridized carbons (Fsp3) is 0.375. The monoisotopic (exact) mass is 399 g/mol. The zero-order valence-corrected chi connectivity index (χ0v) is 16.2. The largest absolute Gasteiger partial charge is 0.500 e. The first kappa shape index (κ1) is 21.8. The van der Waals surface area contributed by atoms with Crippen LogP contribution in [0.25, 0.3) is 0 Å². The van der Waals surface area contributed by atoms with Crippen molar-refractivity contribution < 1.29 is 23.9 Å². The van der Waals surface area contributed by atoms with Gasteiger partial charge >= 0.3 is 5.97 Å². The van der Waals surface area contributed by atoms with Crippen LogP contribution in [0.1, 0.15) is 20.8 Å². The molecule has 10 heteroatoms. The number of hydrogen-bond donors (Lipinski definition) is 4. The molecule has 8 nitrogen and oxygen atoms in total. The van der Waals surface area contributed by atoms with Gasteiger partial charge in [-0.25, -0.2) is 4.79 Å². The molecule has 26 heavy (non-hydrogen) atoms. The lowest BCUT2D eigenvalue weighted by atomic mass is 10.2. The number of amides is 2. The van der Waals surface area contributed by atoms with Gasteiger partial charge in [-0.3, -0.25) is 14.6 Å². The molecule has 0 aromatic carbocycles. The molecule has 0 aliphatic carbocycles. The Morgan fingerprint density at radius 3 is 2.27 bits per heavy atom. The third-order valence-electron chi connectivity index (χ3n) is 3.37. The van der Waals surface area contributed by atoms with Crippen molar-refractivity contribution in [1.29, 1.82) is 0 Å². The molecule has 0 radical (unpaired) electrons. The second-order valence-electron chi connectivity index (χ2n) is 5.04. The minimum absolute atomic E-state index is 0.0265.